The lowest BCUT2D eigenvalue weighted by molar-refractivity contribution is 0.0775. The van der Waals surface area contributed by atoms with Gasteiger partial charge in [0.15, 0.2) is 5.82 Å². The summed E-state index contributed by atoms with van der Waals surface area (Å²) in [5.74, 6) is -2.67. The molecule has 0 aromatic heterocycles. The van der Waals surface area contributed by atoms with Gasteiger partial charge in [0.2, 0.25) is 0 Å². The lowest BCUT2D eigenvalue weighted by Crippen LogP contribution is -2.28. The van der Waals surface area contributed by atoms with Crippen LogP contribution in [-0.4, -0.2) is 17.9 Å². The molecule has 0 aliphatic carbocycles. The summed E-state index contributed by atoms with van der Waals surface area (Å²) in [6.45, 7) is 2.21. The van der Waals surface area contributed by atoms with Crippen molar-refractivity contribution in [3.05, 3.63) is 64.7 Å². The van der Waals surface area contributed by atoms with Gasteiger partial charge in [0.25, 0.3) is 5.91 Å². The van der Waals surface area contributed by atoms with Gasteiger partial charge in [0.05, 0.1) is 5.69 Å². The van der Waals surface area contributed by atoms with Crippen molar-refractivity contribution < 1.29 is 13.6 Å². The molecule has 0 heterocycles. The van der Waals surface area contributed by atoms with E-state index < -0.39 is 23.1 Å². The van der Waals surface area contributed by atoms with Crippen LogP contribution in [0.5, 0.6) is 0 Å². The number of nitrogen functional groups attached to an aromatic ring is 1. The topological polar surface area (TPSA) is 46.3 Å². The predicted octanol–water partition coefficient (Wildman–Crippen LogP) is 3.13. The number of amides is 1. The van der Waals surface area contributed by atoms with E-state index in [0.717, 1.165) is 23.3 Å². The fourth-order valence-electron chi connectivity index (χ4n) is 1.99. The van der Waals surface area contributed by atoms with Crippen LogP contribution in [0.4, 0.5) is 14.5 Å². The van der Waals surface area contributed by atoms with Crippen LogP contribution < -0.4 is 5.73 Å². The summed E-state index contributed by atoms with van der Waals surface area (Å²) in [5.41, 5.74) is 6.49. The Morgan fingerprint density at radius 1 is 1.14 bits per heavy atom. The van der Waals surface area contributed by atoms with E-state index >= 15 is 0 Å². The molecule has 0 saturated heterocycles. The summed E-state index contributed by atoms with van der Waals surface area (Å²) in [7, 11) is 1.49. The minimum atomic E-state index is -1.02. The lowest BCUT2D eigenvalue weighted by Gasteiger charge is -2.18. The van der Waals surface area contributed by atoms with Gasteiger partial charge in [-0.05, 0) is 24.6 Å². The number of carbonyl (C=O) groups is 1. The first-order valence-corrected chi connectivity index (χ1v) is 6.44. The SMILES string of the molecule is Cc1ccc(CN(C)C(=O)c2c(F)ccc(N)c2F)cc1. The van der Waals surface area contributed by atoms with Gasteiger partial charge in [0.1, 0.15) is 11.4 Å². The molecule has 2 aromatic carbocycles. The first kappa shape index (κ1) is 15.0. The molecule has 5 heteroatoms. The molecule has 0 unspecified atom stereocenters. The molecule has 1 amide bonds. The van der Waals surface area contributed by atoms with E-state index in [0.29, 0.717) is 0 Å². The molecule has 0 radical (unpaired) electrons. The largest absolute Gasteiger partial charge is 0.396 e. The van der Waals surface area contributed by atoms with Crippen LogP contribution in [0.1, 0.15) is 21.5 Å². The highest BCUT2D eigenvalue weighted by Crippen LogP contribution is 2.20. The molecule has 0 saturated carbocycles. The average Bonchev–Trinajstić information content (AvgIpc) is 2.45. The van der Waals surface area contributed by atoms with Crippen LogP contribution in [0.2, 0.25) is 0 Å². The van der Waals surface area contributed by atoms with Crippen LogP contribution in [0, 0.1) is 18.6 Å². The fourth-order valence-corrected chi connectivity index (χ4v) is 1.99. The van der Waals surface area contributed by atoms with E-state index in [1.54, 1.807) is 0 Å². The maximum atomic E-state index is 13.9. The molecular formula is C16H16F2N2O. The van der Waals surface area contributed by atoms with Gasteiger partial charge in [-0.1, -0.05) is 29.8 Å². The van der Waals surface area contributed by atoms with Gasteiger partial charge in [-0.3, -0.25) is 4.79 Å². The zero-order chi connectivity index (χ0) is 15.6. The van der Waals surface area contributed by atoms with Crippen molar-refractivity contribution in [2.45, 2.75) is 13.5 Å². The number of hydrogen-bond donors (Lipinski definition) is 1. The molecule has 2 aromatic rings. The first-order chi connectivity index (χ1) is 9.90. The number of aryl methyl sites for hydroxylation is 1. The van der Waals surface area contributed by atoms with Crippen molar-refractivity contribution in [1.29, 1.82) is 0 Å². The number of carbonyl (C=O) groups excluding carboxylic acids is 1. The van der Waals surface area contributed by atoms with Crippen LogP contribution in [0.15, 0.2) is 36.4 Å². The van der Waals surface area contributed by atoms with Crippen molar-refractivity contribution in [3.8, 4) is 0 Å². The molecule has 2 rings (SSSR count). The second kappa shape index (κ2) is 5.91. The standard InChI is InChI=1S/C16H16F2N2O/c1-10-3-5-11(6-4-10)9-20(2)16(21)14-12(17)7-8-13(19)15(14)18/h3-8H,9,19H2,1-2H3. The van der Waals surface area contributed by atoms with Crippen molar-refractivity contribution in [1.82, 2.24) is 4.90 Å². The Labute approximate surface area is 122 Å². The van der Waals surface area contributed by atoms with Crippen LogP contribution in [0.25, 0.3) is 0 Å². The van der Waals surface area contributed by atoms with E-state index in [2.05, 4.69) is 0 Å². The summed E-state index contributed by atoms with van der Waals surface area (Å²) >= 11 is 0. The van der Waals surface area contributed by atoms with Crippen molar-refractivity contribution in [3.63, 3.8) is 0 Å². The zero-order valence-corrected chi connectivity index (χ0v) is 11.9. The average molecular weight is 290 g/mol. The Hall–Kier alpha value is -2.43. The van der Waals surface area contributed by atoms with Crippen LogP contribution in [-0.2, 0) is 6.54 Å². The molecule has 0 atom stereocenters. The second-order valence-electron chi connectivity index (χ2n) is 4.97. The molecule has 0 aliphatic heterocycles. The minimum Gasteiger partial charge on any atom is -0.396 e. The van der Waals surface area contributed by atoms with Gasteiger partial charge in [0, 0.05) is 13.6 Å². The Balaban J connectivity index is 2.24. The Morgan fingerprint density at radius 2 is 1.76 bits per heavy atom. The summed E-state index contributed by atoms with van der Waals surface area (Å²) in [5, 5.41) is 0. The second-order valence-corrected chi connectivity index (χ2v) is 4.97. The van der Waals surface area contributed by atoms with Crippen molar-refractivity contribution in [2.24, 2.45) is 0 Å². The van der Waals surface area contributed by atoms with E-state index in [1.165, 1.54) is 11.9 Å². The van der Waals surface area contributed by atoms with Crippen molar-refractivity contribution in [2.75, 3.05) is 12.8 Å². The maximum Gasteiger partial charge on any atom is 0.259 e. The molecule has 0 bridgehead atoms. The molecule has 21 heavy (non-hydrogen) atoms. The normalized spacial score (nSPS) is 10.5. The van der Waals surface area contributed by atoms with Crippen LogP contribution in [0.3, 0.4) is 0 Å². The number of halogens is 2. The lowest BCUT2D eigenvalue weighted by atomic mass is 10.1. The highest BCUT2D eigenvalue weighted by Gasteiger charge is 2.22. The third-order valence-corrected chi connectivity index (χ3v) is 3.22. The third kappa shape index (κ3) is 3.18. The monoisotopic (exact) mass is 290 g/mol. The predicted molar refractivity (Wildman–Crippen MR) is 77.7 cm³/mol. The number of hydrogen-bond acceptors (Lipinski definition) is 2. The highest BCUT2D eigenvalue weighted by molar-refractivity contribution is 5.95. The quantitative estimate of drug-likeness (QED) is 0.883. The summed E-state index contributed by atoms with van der Waals surface area (Å²) in [6, 6.07) is 9.65. The number of rotatable bonds is 3. The number of benzene rings is 2. The molecule has 110 valence electrons. The van der Waals surface area contributed by atoms with Gasteiger partial charge in [-0.25, -0.2) is 8.78 Å². The highest BCUT2D eigenvalue weighted by atomic mass is 19.1. The van der Waals surface area contributed by atoms with E-state index in [-0.39, 0.29) is 12.2 Å². The van der Waals surface area contributed by atoms with Gasteiger partial charge in [-0.15, -0.1) is 0 Å². The number of anilines is 1. The zero-order valence-electron chi connectivity index (χ0n) is 11.9. The first-order valence-electron chi connectivity index (χ1n) is 6.44. The minimum absolute atomic E-state index is 0.247. The Bertz CT molecular complexity index is 669. The van der Waals surface area contributed by atoms with E-state index in [4.69, 9.17) is 5.73 Å². The summed E-state index contributed by atoms with van der Waals surface area (Å²) in [4.78, 5) is 13.5. The fraction of sp³-hybridized carbons (Fsp3) is 0.188. The Morgan fingerprint density at radius 3 is 2.38 bits per heavy atom. The molecule has 2 N–H and O–H groups in total. The molecule has 3 nitrogen and oxygen atoms in total. The molecule has 0 spiro atoms. The Kier molecular flexibility index (Phi) is 4.21. The summed E-state index contributed by atoms with van der Waals surface area (Å²) < 4.78 is 27.5. The van der Waals surface area contributed by atoms with E-state index in [9.17, 15) is 13.6 Å². The van der Waals surface area contributed by atoms with Crippen LogP contribution >= 0.6 is 0 Å². The molecule has 0 fully saturated rings. The van der Waals surface area contributed by atoms with Gasteiger partial charge in [-0.2, -0.15) is 0 Å². The smallest absolute Gasteiger partial charge is 0.259 e. The molecule has 0 aliphatic rings. The van der Waals surface area contributed by atoms with Gasteiger partial charge < -0.3 is 10.6 Å². The van der Waals surface area contributed by atoms with E-state index in [1.807, 2.05) is 31.2 Å². The number of nitrogens with two attached hydrogens (primary N) is 1. The van der Waals surface area contributed by atoms with Crippen molar-refractivity contribution >= 4 is 11.6 Å². The maximum absolute atomic E-state index is 13.9. The summed E-state index contributed by atoms with van der Waals surface area (Å²) in [6.07, 6.45) is 0. The third-order valence-electron chi connectivity index (χ3n) is 3.22. The van der Waals surface area contributed by atoms with Gasteiger partial charge >= 0.3 is 0 Å². The number of nitrogens with zero attached hydrogens (tertiary/aromatic N) is 1. The molecular weight excluding hydrogens is 274 g/mol.